The van der Waals surface area contributed by atoms with Gasteiger partial charge in [0.1, 0.15) is 6.04 Å². The summed E-state index contributed by atoms with van der Waals surface area (Å²) < 4.78 is 5.38. The van der Waals surface area contributed by atoms with Gasteiger partial charge < -0.3 is 20.3 Å². The molecule has 2 N–H and O–H groups in total. The third-order valence-corrected chi connectivity index (χ3v) is 5.88. The lowest BCUT2D eigenvalue weighted by molar-refractivity contribution is -0.123. The summed E-state index contributed by atoms with van der Waals surface area (Å²) in [7, 11) is 0. The fourth-order valence-corrected chi connectivity index (χ4v) is 3.62. The minimum absolute atomic E-state index is 0.165. The lowest BCUT2D eigenvalue weighted by atomic mass is 10.1. The highest BCUT2D eigenvalue weighted by atomic mass is 35.5. The molecule has 0 aliphatic carbocycles. The Morgan fingerprint density at radius 3 is 2.33 bits per heavy atom. The molecule has 160 valence electrons. The number of nitrogens with one attached hydrogen (secondary N) is 2. The van der Waals surface area contributed by atoms with Crippen molar-refractivity contribution in [3.63, 3.8) is 0 Å². The quantitative estimate of drug-likeness (QED) is 0.702. The first-order valence-corrected chi connectivity index (χ1v) is 10.6. The minimum Gasteiger partial charge on any atom is -0.378 e. The van der Waals surface area contributed by atoms with Crippen molar-refractivity contribution in [3.8, 4) is 0 Å². The van der Waals surface area contributed by atoms with Crippen LogP contribution in [0.2, 0.25) is 10.0 Å². The molecule has 0 spiro atoms. The van der Waals surface area contributed by atoms with Gasteiger partial charge in [0.15, 0.2) is 0 Å². The summed E-state index contributed by atoms with van der Waals surface area (Å²) in [6, 6.07) is 12.0. The maximum atomic E-state index is 12.6. The summed E-state index contributed by atoms with van der Waals surface area (Å²) in [5, 5.41) is 6.04. The highest BCUT2D eigenvalue weighted by molar-refractivity contribution is 6.43. The van der Waals surface area contributed by atoms with Crippen LogP contribution in [0.1, 0.15) is 35.8 Å². The standard InChI is InChI=1S/C22H25Cl2N3O3/c1-14(16-6-8-17(9-7-16)27-10-12-30-13-11-27)25-21(28)15(2)26-22(29)18-4-3-5-19(23)20(18)24/h3-9,14-15H,10-13H2,1-2H3,(H,25,28)(H,26,29). The number of morpholine rings is 1. The Hall–Kier alpha value is -2.28. The lowest BCUT2D eigenvalue weighted by Gasteiger charge is -2.29. The van der Waals surface area contributed by atoms with Crippen molar-refractivity contribution in [2.24, 2.45) is 0 Å². The van der Waals surface area contributed by atoms with Gasteiger partial charge in [-0.05, 0) is 43.7 Å². The van der Waals surface area contributed by atoms with Gasteiger partial charge in [0.2, 0.25) is 5.91 Å². The molecule has 2 aromatic carbocycles. The van der Waals surface area contributed by atoms with E-state index in [4.69, 9.17) is 27.9 Å². The van der Waals surface area contributed by atoms with Crippen LogP contribution in [-0.4, -0.2) is 44.2 Å². The summed E-state index contributed by atoms with van der Waals surface area (Å²) in [5.74, 6) is -0.737. The topological polar surface area (TPSA) is 70.7 Å². The smallest absolute Gasteiger partial charge is 0.253 e. The maximum Gasteiger partial charge on any atom is 0.253 e. The van der Waals surface area contributed by atoms with Gasteiger partial charge in [0, 0.05) is 18.8 Å². The second-order valence-corrected chi connectivity index (χ2v) is 8.00. The van der Waals surface area contributed by atoms with E-state index in [-0.39, 0.29) is 27.6 Å². The second-order valence-electron chi connectivity index (χ2n) is 7.22. The van der Waals surface area contributed by atoms with Crippen LogP contribution in [-0.2, 0) is 9.53 Å². The first-order chi connectivity index (χ1) is 14.4. The molecule has 1 heterocycles. The van der Waals surface area contributed by atoms with Crippen LogP contribution in [0.4, 0.5) is 5.69 Å². The number of carbonyl (C=O) groups is 2. The summed E-state index contributed by atoms with van der Waals surface area (Å²) in [6.07, 6.45) is 0. The molecule has 1 aliphatic heterocycles. The minimum atomic E-state index is -0.734. The molecule has 2 atom stereocenters. The number of halogens is 2. The Kier molecular flexibility index (Phi) is 7.58. The number of hydrogen-bond donors (Lipinski definition) is 2. The SMILES string of the molecule is CC(NC(=O)c1cccc(Cl)c1Cl)C(=O)NC(C)c1ccc(N2CCOCC2)cc1. The number of ether oxygens (including phenoxy) is 1. The van der Waals surface area contributed by atoms with Crippen molar-refractivity contribution in [2.75, 3.05) is 31.2 Å². The molecule has 2 unspecified atom stereocenters. The number of anilines is 1. The molecule has 6 nitrogen and oxygen atoms in total. The Balaban J connectivity index is 1.56. The van der Waals surface area contributed by atoms with Crippen LogP contribution < -0.4 is 15.5 Å². The first kappa shape index (κ1) is 22.4. The van der Waals surface area contributed by atoms with E-state index in [1.165, 1.54) is 0 Å². The van der Waals surface area contributed by atoms with Gasteiger partial charge in [-0.2, -0.15) is 0 Å². The first-order valence-electron chi connectivity index (χ1n) is 9.84. The van der Waals surface area contributed by atoms with E-state index in [0.717, 1.165) is 37.6 Å². The van der Waals surface area contributed by atoms with Crippen molar-refractivity contribution in [2.45, 2.75) is 25.9 Å². The van der Waals surface area contributed by atoms with E-state index in [9.17, 15) is 9.59 Å². The van der Waals surface area contributed by atoms with Gasteiger partial charge in [-0.15, -0.1) is 0 Å². The van der Waals surface area contributed by atoms with Crippen molar-refractivity contribution < 1.29 is 14.3 Å². The second kappa shape index (κ2) is 10.2. The number of carbonyl (C=O) groups excluding carboxylic acids is 2. The van der Waals surface area contributed by atoms with E-state index in [0.29, 0.717) is 0 Å². The third kappa shape index (κ3) is 5.45. The lowest BCUT2D eigenvalue weighted by Crippen LogP contribution is -2.45. The molecule has 0 bridgehead atoms. The van der Waals surface area contributed by atoms with Gasteiger partial charge >= 0.3 is 0 Å². The molecule has 0 radical (unpaired) electrons. The van der Waals surface area contributed by atoms with Crippen molar-refractivity contribution in [3.05, 3.63) is 63.6 Å². The molecular weight excluding hydrogens is 425 g/mol. The van der Waals surface area contributed by atoms with Gasteiger partial charge in [0.25, 0.3) is 5.91 Å². The molecule has 3 rings (SSSR count). The van der Waals surface area contributed by atoms with Gasteiger partial charge in [-0.1, -0.05) is 41.4 Å². The molecule has 0 saturated carbocycles. The average Bonchev–Trinajstić information content (AvgIpc) is 2.76. The third-order valence-electron chi connectivity index (χ3n) is 5.07. The zero-order chi connectivity index (χ0) is 21.7. The molecule has 2 amide bonds. The highest BCUT2D eigenvalue weighted by Crippen LogP contribution is 2.25. The van der Waals surface area contributed by atoms with E-state index in [1.807, 2.05) is 19.1 Å². The van der Waals surface area contributed by atoms with Gasteiger partial charge in [0.05, 0.1) is 34.9 Å². The fourth-order valence-electron chi connectivity index (χ4n) is 3.24. The number of nitrogens with zero attached hydrogens (tertiary/aromatic N) is 1. The molecule has 0 aromatic heterocycles. The predicted molar refractivity (Wildman–Crippen MR) is 119 cm³/mol. The Morgan fingerprint density at radius 1 is 1.00 bits per heavy atom. The van der Waals surface area contributed by atoms with Crippen LogP contribution in [0.3, 0.4) is 0 Å². The summed E-state index contributed by atoms with van der Waals surface area (Å²) in [4.78, 5) is 27.3. The Morgan fingerprint density at radius 2 is 1.67 bits per heavy atom. The van der Waals surface area contributed by atoms with E-state index in [1.54, 1.807) is 25.1 Å². The number of benzene rings is 2. The average molecular weight is 450 g/mol. The monoisotopic (exact) mass is 449 g/mol. The van der Waals surface area contributed by atoms with E-state index in [2.05, 4.69) is 27.7 Å². The van der Waals surface area contributed by atoms with Crippen molar-refractivity contribution in [1.82, 2.24) is 10.6 Å². The largest absolute Gasteiger partial charge is 0.378 e. The van der Waals surface area contributed by atoms with Crippen LogP contribution in [0.5, 0.6) is 0 Å². The highest BCUT2D eigenvalue weighted by Gasteiger charge is 2.21. The Bertz CT molecular complexity index is 899. The molecule has 8 heteroatoms. The maximum absolute atomic E-state index is 12.6. The van der Waals surface area contributed by atoms with Crippen molar-refractivity contribution in [1.29, 1.82) is 0 Å². The predicted octanol–water partition coefficient (Wildman–Crippen LogP) is 3.83. The van der Waals surface area contributed by atoms with Crippen LogP contribution in [0, 0.1) is 0 Å². The molecule has 1 saturated heterocycles. The van der Waals surface area contributed by atoms with E-state index < -0.39 is 11.9 Å². The molecule has 1 fully saturated rings. The normalized spacial score (nSPS) is 15.9. The van der Waals surface area contributed by atoms with Crippen LogP contribution >= 0.6 is 23.2 Å². The molecule has 1 aliphatic rings. The van der Waals surface area contributed by atoms with E-state index >= 15 is 0 Å². The van der Waals surface area contributed by atoms with Gasteiger partial charge in [-0.25, -0.2) is 0 Å². The zero-order valence-corrected chi connectivity index (χ0v) is 18.5. The molecule has 2 aromatic rings. The number of hydrogen-bond acceptors (Lipinski definition) is 4. The Labute approximate surface area is 186 Å². The van der Waals surface area contributed by atoms with Crippen molar-refractivity contribution >= 4 is 40.7 Å². The number of rotatable bonds is 6. The summed E-state index contributed by atoms with van der Waals surface area (Å²) >= 11 is 12.0. The molecular formula is C22H25Cl2N3O3. The summed E-state index contributed by atoms with van der Waals surface area (Å²) in [5.41, 5.74) is 2.35. The summed E-state index contributed by atoms with van der Waals surface area (Å²) in [6.45, 7) is 6.75. The number of amides is 2. The van der Waals surface area contributed by atoms with Crippen LogP contribution in [0.15, 0.2) is 42.5 Å². The zero-order valence-electron chi connectivity index (χ0n) is 17.0. The molecule has 30 heavy (non-hydrogen) atoms. The fraction of sp³-hybridized carbons (Fsp3) is 0.364. The van der Waals surface area contributed by atoms with Crippen LogP contribution in [0.25, 0.3) is 0 Å². The van der Waals surface area contributed by atoms with Gasteiger partial charge in [-0.3, -0.25) is 9.59 Å².